The van der Waals surface area contributed by atoms with E-state index in [9.17, 15) is 18.0 Å². The van der Waals surface area contributed by atoms with E-state index in [2.05, 4.69) is 5.32 Å². The molecule has 0 saturated heterocycles. The SMILES string of the molecule is CC(=O)c1ccc(S(=O)(=O)N(C)CC(=O)NC[C@@H]2COc3ccccc3O2)cc1. The minimum Gasteiger partial charge on any atom is -0.486 e. The normalized spacial score (nSPS) is 15.8. The highest BCUT2D eigenvalue weighted by atomic mass is 32.2. The summed E-state index contributed by atoms with van der Waals surface area (Å²) in [6.07, 6.45) is -0.366. The van der Waals surface area contributed by atoms with Crippen LogP contribution in [0, 0.1) is 0 Å². The first-order valence-electron chi connectivity index (χ1n) is 9.00. The van der Waals surface area contributed by atoms with Gasteiger partial charge >= 0.3 is 0 Å². The van der Waals surface area contributed by atoms with Crippen molar-refractivity contribution in [3.8, 4) is 11.5 Å². The maximum atomic E-state index is 12.6. The number of Topliss-reactive ketones (excluding diaryl/α,β-unsaturated/α-hetero) is 1. The minimum absolute atomic E-state index is 0.0124. The molecule has 0 fully saturated rings. The summed E-state index contributed by atoms with van der Waals surface area (Å²) in [5.41, 5.74) is 0.417. The molecule has 0 unspecified atom stereocenters. The van der Waals surface area contributed by atoms with Crippen LogP contribution in [0.15, 0.2) is 53.4 Å². The summed E-state index contributed by atoms with van der Waals surface area (Å²) < 4.78 is 37.5. The summed E-state index contributed by atoms with van der Waals surface area (Å²) in [4.78, 5) is 23.5. The molecule has 2 aromatic carbocycles. The molecular weight excluding hydrogens is 396 g/mol. The number of benzene rings is 2. The van der Waals surface area contributed by atoms with Crippen molar-refractivity contribution < 1.29 is 27.5 Å². The summed E-state index contributed by atoms with van der Waals surface area (Å²) in [5, 5.41) is 2.67. The van der Waals surface area contributed by atoms with Crippen LogP contribution < -0.4 is 14.8 Å². The highest BCUT2D eigenvalue weighted by molar-refractivity contribution is 7.89. The average Bonchev–Trinajstić information content (AvgIpc) is 2.72. The van der Waals surface area contributed by atoms with E-state index in [1.54, 1.807) is 12.1 Å². The van der Waals surface area contributed by atoms with Gasteiger partial charge in [-0.15, -0.1) is 0 Å². The largest absolute Gasteiger partial charge is 0.486 e. The molecule has 1 amide bonds. The predicted octanol–water partition coefficient (Wildman–Crippen LogP) is 1.47. The number of hydrogen-bond acceptors (Lipinski definition) is 6. The van der Waals surface area contributed by atoms with E-state index in [1.165, 1.54) is 38.2 Å². The molecular formula is C20H22N2O6S. The molecule has 0 radical (unpaired) electrons. The lowest BCUT2D eigenvalue weighted by molar-refractivity contribution is -0.121. The second-order valence-electron chi connectivity index (χ2n) is 6.64. The lowest BCUT2D eigenvalue weighted by Gasteiger charge is -2.26. The van der Waals surface area contributed by atoms with E-state index in [1.807, 2.05) is 12.1 Å². The first-order chi connectivity index (χ1) is 13.8. The molecule has 8 nitrogen and oxygen atoms in total. The number of hydrogen-bond donors (Lipinski definition) is 1. The van der Waals surface area contributed by atoms with Crippen molar-refractivity contribution in [3.63, 3.8) is 0 Å². The standard InChI is InChI=1S/C20H22N2O6S/c1-14(23)15-7-9-17(10-8-15)29(25,26)22(2)12-20(24)21-11-16-13-27-18-5-3-4-6-19(18)28-16/h3-10,16H,11-13H2,1-2H3,(H,21,24)/t16-/m1/s1. The van der Waals surface area contributed by atoms with Gasteiger partial charge in [-0.3, -0.25) is 9.59 Å². The Morgan fingerprint density at radius 1 is 1.10 bits per heavy atom. The molecule has 0 saturated carbocycles. The van der Waals surface area contributed by atoms with E-state index in [0.717, 1.165) is 4.31 Å². The fourth-order valence-electron chi connectivity index (χ4n) is 2.78. The number of likely N-dealkylation sites (N-methyl/N-ethyl adjacent to an activating group) is 1. The van der Waals surface area contributed by atoms with Gasteiger partial charge in [-0.2, -0.15) is 4.31 Å². The van der Waals surface area contributed by atoms with Crippen LogP contribution in [-0.4, -0.2) is 57.3 Å². The quantitative estimate of drug-likeness (QED) is 0.683. The fraction of sp³-hybridized carbons (Fsp3) is 0.300. The van der Waals surface area contributed by atoms with Crippen molar-refractivity contribution in [3.05, 3.63) is 54.1 Å². The third-order valence-corrected chi connectivity index (χ3v) is 6.25. The topological polar surface area (TPSA) is 102 Å². The Hall–Kier alpha value is -2.91. The van der Waals surface area contributed by atoms with Gasteiger partial charge in [0.1, 0.15) is 12.7 Å². The number of amides is 1. The summed E-state index contributed by atoms with van der Waals surface area (Å²) in [5.74, 6) is 0.639. The summed E-state index contributed by atoms with van der Waals surface area (Å²) in [6.45, 7) is 1.53. The van der Waals surface area contributed by atoms with Gasteiger partial charge in [0, 0.05) is 12.6 Å². The maximum absolute atomic E-state index is 12.6. The number of fused-ring (bicyclic) bond motifs is 1. The van der Waals surface area contributed by atoms with Crippen LogP contribution in [0.3, 0.4) is 0 Å². The van der Waals surface area contributed by atoms with Gasteiger partial charge in [0.2, 0.25) is 15.9 Å². The van der Waals surface area contributed by atoms with Crippen LogP contribution >= 0.6 is 0 Å². The molecule has 0 spiro atoms. The number of para-hydroxylation sites is 2. The smallest absolute Gasteiger partial charge is 0.243 e. The Bertz CT molecular complexity index is 1000. The second-order valence-corrected chi connectivity index (χ2v) is 8.69. The van der Waals surface area contributed by atoms with E-state index in [0.29, 0.717) is 17.1 Å². The van der Waals surface area contributed by atoms with Gasteiger partial charge in [-0.1, -0.05) is 24.3 Å². The molecule has 1 atom stereocenters. The zero-order valence-electron chi connectivity index (χ0n) is 16.1. The first kappa shape index (κ1) is 20.8. The predicted molar refractivity (Wildman–Crippen MR) is 106 cm³/mol. The Morgan fingerprint density at radius 3 is 2.41 bits per heavy atom. The van der Waals surface area contributed by atoms with Crippen LogP contribution in [0.5, 0.6) is 11.5 Å². The Labute approximate surface area is 169 Å². The van der Waals surface area contributed by atoms with Crippen molar-refractivity contribution in [2.45, 2.75) is 17.9 Å². The Kier molecular flexibility index (Phi) is 6.19. The van der Waals surface area contributed by atoms with E-state index < -0.39 is 15.9 Å². The lowest BCUT2D eigenvalue weighted by atomic mass is 10.2. The fourth-order valence-corrected chi connectivity index (χ4v) is 3.90. The molecule has 3 rings (SSSR count). The number of nitrogens with zero attached hydrogens (tertiary/aromatic N) is 1. The van der Waals surface area contributed by atoms with Crippen LogP contribution in [0.4, 0.5) is 0 Å². The minimum atomic E-state index is -3.85. The Balaban J connectivity index is 1.54. The van der Waals surface area contributed by atoms with Gasteiger partial charge in [0.25, 0.3) is 0 Å². The molecule has 29 heavy (non-hydrogen) atoms. The molecule has 2 aromatic rings. The van der Waals surface area contributed by atoms with Crippen LogP contribution in [0.25, 0.3) is 0 Å². The number of rotatable bonds is 7. The van der Waals surface area contributed by atoms with Crippen molar-refractivity contribution in [1.82, 2.24) is 9.62 Å². The average molecular weight is 418 g/mol. The molecule has 1 aliphatic heterocycles. The van der Waals surface area contributed by atoms with Gasteiger partial charge in [-0.05, 0) is 31.2 Å². The lowest BCUT2D eigenvalue weighted by Crippen LogP contribution is -2.44. The Morgan fingerprint density at radius 2 is 1.76 bits per heavy atom. The first-order valence-corrected chi connectivity index (χ1v) is 10.4. The number of carbonyl (C=O) groups excluding carboxylic acids is 2. The zero-order valence-corrected chi connectivity index (χ0v) is 16.9. The van der Waals surface area contributed by atoms with Crippen molar-refractivity contribution in [1.29, 1.82) is 0 Å². The molecule has 0 aromatic heterocycles. The number of ether oxygens (including phenoxy) is 2. The molecule has 0 aliphatic carbocycles. The van der Waals surface area contributed by atoms with Gasteiger partial charge in [0.15, 0.2) is 17.3 Å². The third kappa shape index (κ3) is 4.93. The number of ketones is 1. The molecule has 154 valence electrons. The summed E-state index contributed by atoms with van der Waals surface area (Å²) >= 11 is 0. The van der Waals surface area contributed by atoms with Gasteiger partial charge < -0.3 is 14.8 Å². The summed E-state index contributed by atoms with van der Waals surface area (Å²) in [6, 6.07) is 12.8. The second kappa shape index (κ2) is 8.62. The van der Waals surface area contributed by atoms with Gasteiger partial charge in [-0.25, -0.2) is 8.42 Å². The molecule has 1 N–H and O–H groups in total. The van der Waals surface area contributed by atoms with E-state index in [4.69, 9.17) is 9.47 Å². The molecule has 1 heterocycles. The molecule has 1 aliphatic rings. The molecule has 0 bridgehead atoms. The monoisotopic (exact) mass is 418 g/mol. The zero-order chi connectivity index (χ0) is 21.0. The van der Waals surface area contributed by atoms with Crippen LogP contribution in [0.1, 0.15) is 17.3 Å². The number of carbonyl (C=O) groups is 2. The maximum Gasteiger partial charge on any atom is 0.243 e. The van der Waals surface area contributed by atoms with Gasteiger partial charge in [0.05, 0.1) is 18.0 Å². The highest BCUT2D eigenvalue weighted by Gasteiger charge is 2.25. The van der Waals surface area contributed by atoms with Crippen LogP contribution in [-0.2, 0) is 14.8 Å². The van der Waals surface area contributed by atoms with E-state index >= 15 is 0 Å². The number of sulfonamides is 1. The van der Waals surface area contributed by atoms with Crippen molar-refractivity contribution >= 4 is 21.7 Å². The van der Waals surface area contributed by atoms with Crippen LogP contribution in [0.2, 0.25) is 0 Å². The number of nitrogens with one attached hydrogen (secondary N) is 1. The van der Waals surface area contributed by atoms with Crippen molar-refractivity contribution in [2.75, 3.05) is 26.7 Å². The molecule has 9 heteroatoms. The third-order valence-electron chi connectivity index (χ3n) is 4.43. The van der Waals surface area contributed by atoms with E-state index in [-0.39, 0.29) is 36.5 Å². The highest BCUT2D eigenvalue weighted by Crippen LogP contribution is 2.30. The summed E-state index contributed by atoms with van der Waals surface area (Å²) in [7, 11) is -2.53. The van der Waals surface area contributed by atoms with Crippen molar-refractivity contribution in [2.24, 2.45) is 0 Å².